The monoisotopic (exact) mass is 359 g/mol. The van der Waals surface area contributed by atoms with Crippen molar-refractivity contribution in [1.29, 1.82) is 0 Å². The van der Waals surface area contributed by atoms with Gasteiger partial charge in [0.25, 0.3) is 5.91 Å². The summed E-state index contributed by atoms with van der Waals surface area (Å²) in [5, 5.41) is 12.6. The first-order valence-electron chi connectivity index (χ1n) is 8.70. The third-order valence-electron chi connectivity index (χ3n) is 4.43. The Morgan fingerprint density at radius 3 is 2.63 bits per heavy atom. The molecule has 27 heavy (non-hydrogen) atoms. The van der Waals surface area contributed by atoms with Gasteiger partial charge in [-0.15, -0.1) is 0 Å². The van der Waals surface area contributed by atoms with Crippen molar-refractivity contribution in [1.82, 2.24) is 0 Å². The molecule has 3 aromatic rings. The average Bonchev–Trinajstić information content (AvgIpc) is 3.08. The number of amides is 1. The Morgan fingerprint density at radius 1 is 1.07 bits per heavy atom. The molecular formula is C21H18BNO4. The lowest BCUT2D eigenvalue weighted by atomic mass is 9.79. The lowest BCUT2D eigenvalue weighted by Crippen LogP contribution is -2.28. The third kappa shape index (κ3) is 4.02. The number of hydrogen-bond donors (Lipinski definition) is 2. The number of benzene rings is 3. The SMILES string of the molecule is O=C(Nc1ccc2c(c1)B(O)OC2)c1ccc(OCc2ccccc2)cc1. The molecule has 0 saturated heterocycles. The first-order chi connectivity index (χ1) is 13.2. The zero-order valence-corrected chi connectivity index (χ0v) is 14.6. The van der Waals surface area contributed by atoms with Gasteiger partial charge in [0.05, 0.1) is 6.61 Å². The number of carbonyl (C=O) groups excluding carboxylic acids is 1. The van der Waals surface area contributed by atoms with Crippen molar-refractivity contribution in [3.8, 4) is 5.75 Å². The topological polar surface area (TPSA) is 67.8 Å². The Morgan fingerprint density at radius 2 is 1.85 bits per heavy atom. The maximum absolute atomic E-state index is 12.4. The van der Waals surface area contributed by atoms with E-state index in [-0.39, 0.29) is 5.91 Å². The fourth-order valence-corrected chi connectivity index (χ4v) is 2.94. The molecule has 1 amide bonds. The summed E-state index contributed by atoms with van der Waals surface area (Å²) < 4.78 is 10.9. The number of anilines is 1. The van der Waals surface area contributed by atoms with Crippen molar-refractivity contribution < 1.29 is 19.2 Å². The summed E-state index contributed by atoms with van der Waals surface area (Å²) in [7, 11) is -0.933. The van der Waals surface area contributed by atoms with E-state index in [2.05, 4.69) is 5.32 Å². The number of nitrogens with one attached hydrogen (secondary N) is 1. The van der Waals surface area contributed by atoms with Crippen LogP contribution in [-0.4, -0.2) is 18.0 Å². The van der Waals surface area contributed by atoms with Crippen molar-refractivity contribution in [3.63, 3.8) is 0 Å². The van der Waals surface area contributed by atoms with Crippen LogP contribution in [-0.2, 0) is 17.9 Å². The standard InChI is InChI=1S/C21H18BNO4/c24-21(23-18-9-6-17-14-27-22(25)20(17)12-18)16-7-10-19(11-8-16)26-13-15-4-2-1-3-5-15/h1-12,25H,13-14H2,(H,23,24). The highest BCUT2D eigenvalue weighted by Gasteiger charge is 2.27. The van der Waals surface area contributed by atoms with E-state index in [1.54, 1.807) is 36.4 Å². The Hall–Kier alpha value is -3.09. The van der Waals surface area contributed by atoms with Crippen LogP contribution in [0.1, 0.15) is 21.5 Å². The molecule has 1 aliphatic heterocycles. The summed E-state index contributed by atoms with van der Waals surface area (Å²) in [6, 6.07) is 22.3. The summed E-state index contributed by atoms with van der Waals surface area (Å²) in [5.74, 6) is 0.478. The predicted octanol–water partition coefficient (Wildman–Crippen LogP) is 2.74. The van der Waals surface area contributed by atoms with Crippen molar-refractivity contribution in [2.75, 3.05) is 5.32 Å². The molecule has 0 radical (unpaired) electrons. The molecule has 1 aliphatic rings. The second-order valence-electron chi connectivity index (χ2n) is 6.33. The summed E-state index contributed by atoms with van der Waals surface area (Å²) >= 11 is 0. The van der Waals surface area contributed by atoms with Crippen molar-refractivity contribution >= 4 is 24.2 Å². The van der Waals surface area contributed by atoms with Gasteiger partial charge in [0, 0.05) is 11.3 Å². The van der Waals surface area contributed by atoms with E-state index in [1.807, 2.05) is 36.4 Å². The summed E-state index contributed by atoms with van der Waals surface area (Å²) in [6.45, 7) is 0.862. The Bertz CT molecular complexity index is 944. The van der Waals surface area contributed by atoms with Crippen LogP contribution in [0.15, 0.2) is 72.8 Å². The summed E-state index contributed by atoms with van der Waals surface area (Å²) in [4.78, 5) is 12.4. The van der Waals surface area contributed by atoms with E-state index >= 15 is 0 Å². The second kappa shape index (κ2) is 7.66. The van der Waals surface area contributed by atoms with Crippen LogP contribution in [0.5, 0.6) is 5.75 Å². The van der Waals surface area contributed by atoms with E-state index in [9.17, 15) is 9.82 Å². The maximum atomic E-state index is 12.4. The molecule has 0 unspecified atom stereocenters. The molecule has 2 N–H and O–H groups in total. The zero-order chi connectivity index (χ0) is 18.6. The van der Waals surface area contributed by atoms with Crippen molar-refractivity contribution in [2.24, 2.45) is 0 Å². The largest absolute Gasteiger partial charge is 0.491 e. The fourth-order valence-electron chi connectivity index (χ4n) is 2.94. The van der Waals surface area contributed by atoms with Gasteiger partial charge in [0.1, 0.15) is 12.4 Å². The first-order valence-corrected chi connectivity index (χ1v) is 8.70. The average molecular weight is 359 g/mol. The zero-order valence-electron chi connectivity index (χ0n) is 14.6. The Labute approximate surface area is 157 Å². The van der Waals surface area contributed by atoms with Crippen LogP contribution in [0.4, 0.5) is 5.69 Å². The van der Waals surface area contributed by atoms with Gasteiger partial charge in [-0.3, -0.25) is 4.79 Å². The number of fused-ring (bicyclic) bond motifs is 1. The van der Waals surface area contributed by atoms with Gasteiger partial charge in [-0.1, -0.05) is 36.4 Å². The van der Waals surface area contributed by atoms with E-state index in [4.69, 9.17) is 9.39 Å². The molecule has 0 fully saturated rings. The molecular weight excluding hydrogens is 341 g/mol. The molecule has 0 aliphatic carbocycles. The van der Waals surface area contributed by atoms with Crippen LogP contribution in [0, 0.1) is 0 Å². The summed E-state index contributed by atoms with van der Waals surface area (Å²) in [6.07, 6.45) is 0. The molecule has 4 rings (SSSR count). The first kappa shape index (κ1) is 17.3. The van der Waals surface area contributed by atoms with E-state index < -0.39 is 7.12 Å². The molecule has 1 heterocycles. The Kier molecular flexibility index (Phi) is 4.92. The normalized spacial score (nSPS) is 12.6. The van der Waals surface area contributed by atoms with Gasteiger partial charge in [0.2, 0.25) is 0 Å². The number of ether oxygens (including phenoxy) is 1. The molecule has 0 bridgehead atoms. The molecule has 3 aromatic carbocycles. The van der Waals surface area contributed by atoms with Crippen molar-refractivity contribution in [2.45, 2.75) is 13.2 Å². The molecule has 0 aromatic heterocycles. The van der Waals surface area contributed by atoms with Crippen LogP contribution in [0.2, 0.25) is 0 Å². The minimum absolute atomic E-state index is 0.224. The highest BCUT2D eigenvalue weighted by Crippen LogP contribution is 2.17. The van der Waals surface area contributed by atoms with Gasteiger partial charge in [0.15, 0.2) is 0 Å². The van der Waals surface area contributed by atoms with Crippen LogP contribution < -0.4 is 15.5 Å². The third-order valence-corrected chi connectivity index (χ3v) is 4.43. The second-order valence-corrected chi connectivity index (χ2v) is 6.33. The fraction of sp³-hybridized carbons (Fsp3) is 0.0952. The molecule has 0 saturated carbocycles. The molecule has 6 heteroatoms. The molecule has 0 spiro atoms. The van der Waals surface area contributed by atoms with Crippen LogP contribution >= 0.6 is 0 Å². The van der Waals surface area contributed by atoms with E-state index in [1.165, 1.54) is 0 Å². The van der Waals surface area contributed by atoms with Crippen molar-refractivity contribution in [3.05, 3.63) is 89.5 Å². The molecule has 0 atom stereocenters. The summed E-state index contributed by atoms with van der Waals surface area (Å²) in [5.41, 5.74) is 3.85. The Balaban J connectivity index is 1.38. The van der Waals surface area contributed by atoms with E-state index in [0.29, 0.717) is 35.7 Å². The maximum Gasteiger partial charge on any atom is 0.491 e. The lowest BCUT2D eigenvalue weighted by molar-refractivity contribution is 0.102. The van der Waals surface area contributed by atoms with Gasteiger partial charge in [-0.05, 0) is 53.0 Å². The minimum Gasteiger partial charge on any atom is -0.489 e. The van der Waals surface area contributed by atoms with Crippen LogP contribution in [0.25, 0.3) is 0 Å². The highest BCUT2D eigenvalue weighted by atomic mass is 16.5. The predicted molar refractivity (Wildman–Crippen MR) is 104 cm³/mol. The number of rotatable bonds is 5. The van der Waals surface area contributed by atoms with E-state index in [0.717, 1.165) is 11.1 Å². The highest BCUT2D eigenvalue weighted by molar-refractivity contribution is 6.61. The number of hydrogen-bond acceptors (Lipinski definition) is 4. The smallest absolute Gasteiger partial charge is 0.489 e. The van der Waals surface area contributed by atoms with Gasteiger partial charge >= 0.3 is 7.12 Å². The van der Waals surface area contributed by atoms with Gasteiger partial charge < -0.3 is 19.7 Å². The molecule has 5 nitrogen and oxygen atoms in total. The lowest BCUT2D eigenvalue weighted by Gasteiger charge is -2.09. The van der Waals surface area contributed by atoms with Gasteiger partial charge in [-0.25, -0.2) is 0 Å². The van der Waals surface area contributed by atoms with Gasteiger partial charge in [-0.2, -0.15) is 0 Å². The molecule has 134 valence electrons. The quantitative estimate of drug-likeness (QED) is 0.688. The number of carbonyl (C=O) groups is 1. The van der Waals surface area contributed by atoms with Crippen LogP contribution in [0.3, 0.4) is 0 Å². The minimum atomic E-state index is -0.933.